The first-order valence-electron chi connectivity index (χ1n) is 6.31. The Kier molecular flexibility index (Phi) is 6.01. The van der Waals surface area contributed by atoms with E-state index in [2.05, 4.69) is 18.7 Å². The second-order valence-corrected chi connectivity index (χ2v) is 4.09. The highest BCUT2D eigenvalue weighted by molar-refractivity contribution is 5.34. The monoisotopic (exact) mass is 237 g/mol. The van der Waals surface area contributed by atoms with Crippen LogP contribution >= 0.6 is 0 Å². The van der Waals surface area contributed by atoms with Crippen LogP contribution in [-0.2, 0) is 0 Å². The number of aliphatic hydroxyl groups is 1. The van der Waals surface area contributed by atoms with Crippen LogP contribution in [0.25, 0.3) is 0 Å². The van der Waals surface area contributed by atoms with E-state index in [1.165, 1.54) is 0 Å². The molecule has 3 nitrogen and oxygen atoms in total. The van der Waals surface area contributed by atoms with Gasteiger partial charge in [-0.25, -0.2) is 0 Å². The lowest BCUT2D eigenvalue weighted by Crippen LogP contribution is -2.28. The lowest BCUT2D eigenvalue weighted by molar-refractivity contribution is 0.184. The average Bonchev–Trinajstić information content (AvgIpc) is 2.35. The van der Waals surface area contributed by atoms with Crippen molar-refractivity contribution in [3.63, 3.8) is 0 Å². The SMILES string of the molecule is CCN(CC)CCOc1ccccc1C(C)O. The number of para-hydroxylation sites is 1. The van der Waals surface area contributed by atoms with E-state index >= 15 is 0 Å². The van der Waals surface area contributed by atoms with E-state index in [-0.39, 0.29) is 0 Å². The molecule has 0 spiro atoms. The average molecular weight is 237 g/mol. The number of benzene rings is 1. The van der Waals surface area contributed by atoms with Gasteiger partial charge in [-0.1, -0.05) is 32.0 Å². The molecule has 1 rings (SSSR count). The van der Waals surface area contributed by atoms with Crippen molar-refractivity contribution in [2.45, 2.75) is 26.9 Å². The number of ether oxygens (including phenoxy) is 1. The van der Waals surface area contributed by atoms with Crippen LogP contribution in [0.1, 0.15) is 32.4 Å². The highest BCUT2D eigenvalue weighted by Gasteiger charge is 2.08. The molecule has 0 aliphatic heterocycles. The van der Waals surface area contributed by atoms with Crippen LogP contribution in [-0.4, -0.2) is 36.2 Å². The number of hydrogen-bond donors (Lipinski definition) is 1. The third-order valence-corrected chi connectivity index (χ3v) is 2.93. The van der Waals surface area contributed by atoms with E-state index in [0.29, 0.717) is 6.61 Å². The van der Waals surface area contributed by atoms with Crippen molar-refractivity contribution in [3.05, 3.63) is 29.8 Å². The van der Waals surface area contributed by atoms with Gasteiger partial charge in [-0.2, -0.15) is 0 Å². The van der Waals surface area contributed by atoms with Crippen molar-refractivity contribution in [1.82, 2.24) is 4.90 Å². The van der Waals surface area contributed by atoms with Crippen molar-refractivity contribution in [3.8, 4) is 5.75 Å². The zero-order valence-corrected chi connectivity index (χ0v) is 11.0. The molecule has 0 aliphatic carbocycles. The number of rotatable bonds is 7. The molecular weight excluding hydrogens is 214 g/mol. The number of aliphatic hydroxyl groups excluding tert-OH is 1. The largest absolute Gasteiger partial charge is 0.492 e. The summed E-state index contributed by atoms with van der Waals surface area (Å²) in [6, 6.07) is 7.65. The van der Waals surface area contributed by atoms with Gasteiger partial charge in [-0.15, -0.1) is 0 Å². The minimum Gasteiger partial charge on any atom is -0.492 e. The van der Waals surface area contributed by atoms with Crippen LogP contribution in [0.3, 0.4) is 0 Å². The predicted molar refractivity (Wildman–Crippen MR) is 70.4 cm³/mol. The van der Waals surface area contributed by atoms with Crippen LogP contribution in [0.4, 0.5) is 0 Å². The van der Waals surface area contributed by atoms with Crippen LogP contribution < -0.4 is 4.74 Å². The Labute approximate surface area is 104 Å². The zero-order valence-electron chi connectivity index (χ0n) is 11.0. The maximum Gasteiger partial charge on any atom is 0.125 e. The second kappa shape index (κ2) is 7.30. The van der Waals surface area contributed by atoms with E-state index in [0.717, 1.165) is 30.9 Å². The van der Waals surface area contributed by atoms with Gasteiger partial charge in [0, 0.05) is 12.1 Å². The van der Waals surface area contributed by atoms with Gasteiger partial charge in [0.25, 0.3) is 0 Å². The molecule has 1 aromatic carbocycles. The van der Waals surface area contributed by atoms with Gasteiger partial charge < -0.3 is 14.7 Å². The van der Waals surface area contributed by atoms with E-state index < -0.39 is 6.10 Å². The first kappa shape index (κ1) is 14.0. The van der Waals surface area contributed by atoms with Gasteiger partial charge in [0.05, 0.1) is 6.10 Å². The maximum absolute atomic E-state index is 9.61. The van der Waals surface area contributed by atoms with Crippen LogP contribution in [0.2, 0.25) is 0 Å². The molecule has 0 saturated carbocycles. The van der Waals surface area contributed by atoms with E-state index in [4.69, 9.17) is 4.74 Å². The highest BCUT2D eigenvalue weighted by Crippen LogP contribution is 2.24. The number of hydrogen-bond acceptors (Lipinski definition) is 3. The Bertz CT molecular complexity index is 322. The molecule has 96 valence electrons. The summed E-state index contributed by atoms with van der Waals surface area (Å²) in [5, 5.41) is 9.61. The van der Waals surface area contributed by atoms with Crippen molar-refractivity contribution >= 4 is 0 Å². The molecule has 1 atom stereocenters. The third-order valence-electron chi connectivity index (χ3n) is 2.93. The molecule has 0 amide bonds. The summed E-state index contributed by atoms with van der Waals surface area (Å²) in [5.41, 5.74) is 0.854. The molecule has 0 aliphatic rings. The van der Waals surface area contributed by atoms with Crippen molar-refractivity contribution < 1.29 is 9.84 Å². The molecule has 1 aromatic rings. The molecule has 0 fully saturated rings. The Morgan fingerprint density at radius 1 is 1.24 bits per heavy atom. The zero-order chi connectivity index (χ0) is 12.7. The minimum absolute atomic E-state index is 0.486. The summed E-state index contributed by atoms with van der Waals surface area (Å²) in [4.78, 5) is 2.31. The fourth-order valence-electron chi connectivity index (χ4n) is 1.78. The maximum atomic E-state index is 9.61. The van der Waals surface area contributed by atoms with Crippen LogP contribution in [0.5, 0.6) is 5.75 Å². The molecule has 0 heterocycles. The number of likely N-dealkylation sites (N-methyl/N-ethyl adjacent to an activating group) is 1. The summed E-state index contributed by atoms with van der Waals surface area (Å²) in [5.74, 6) is 0.787. The Balaban J connectivity index is 2.51. The first-order chi connectivity index (χ1) is 8.19. The molecule has 1 unspecified atom stereocenters. The molecule has 3 heteroatoms. The minimum atomic E-state index is -0.486. The molecule has 0 bridgehead atoms. The summed E-state index contributed by atoms with van der Waals surface area (Å²) in [6.45, 7) is 9.70. The molecule has 0 radical (unpaired) electrons. The second-order valence-electron chi connectivity index (χ2n) is 4.09. The topological polar surface area (TPSA) is 32.7 Å². The molecule has 0 aromatic heterocycles. The van der Waals surface area contributed by atoms with E-state index in [1.54, 1.807) is 6.92 Å². The third kappa shape index (κ3) is 4.36. The smallest absolute Gasteiger partial charge is 0.125 e. The molecule has 1 N–H and O–H groups in total. The lowest BCUT2D eigenvalue weighted by Gasteiger charge is -2.19. The fourth-order valence-corrected chi connectivity index (χ4v) is 1.78. The first-order valence-corrected chi connectivity index (χ1v) is 6.31. The van der Waals surface area contributed by atoms with Gasteiger partial charge in [-0.05, 0) is 26.1 Å². The summed E-state index contributed by atoms with van der Waals surface area (Å²) >= 11 is 0. The van der Waals surface area contributed by atoms with Crippen molar-refractivity contribution in [1.29, 1.82) is 0 Å². The highest BCUT2D eigenvalue weighted by atomic mass is 16.5. The fraction of sp³-hybridized carbons (Fsp3) is 0.571. The quantitative estimate of drug-likeness (QED) is 0.790. The Hall–Kier alpha value is -1.06. The Morgan fingerprint density at radius 2 is 1.88 bits per heavy atom. The van der Waals surface area contributed by atoms with Crippen molar-refractivity contribution in [2.24, 2.45) is 0 Å². The molecule has 0 saturated heterocycles. The van der Waals surface area contributed by atoms with Gasteiger partial charge >= 0.3 is 0 Å². The van der Waals surface area contributed by atoms with Gasteiger partial charge in [0.2, 0.25) is 0 Å². The van der Waals surface area contributed by atoms with Gasteiger partial charge in [0.1, 0.15) is 12.4 Å². The summed E-state index contributed by atoms with van der Waals surface area (Å²) in [6.07, 6.45) is -0.486. The molecular formula is C14H23NO2. The van der Waals surface area contributed by atoms with E-state index in [9.17, 15) is 5.11 Å². The summed E-state index contributed by atoms with van der Waals surface area (Å²) < 4.78 is 5.73. The Morgan fingerprint density at radius 3 is 2.47 bits per heavy atom. The predicted octanol–water partition coefficient (Wildman–Crippen LogP) is 2.46. The van der Waals surface area contributed by atoms with Crippen LogP contribution in [0, 0.1) is 0 Å². The standard InChI is InChI=1S/C14H23NO2/c1-4-15(5-2)10-11-17-14-9-7-6-8-13(14)12(3)16/h6-9,12,16H,4-5,10-11H2,1-3H3. The lowest BCUT2D eigenvalue weighted by atomic mass is 10.1. The normalized spacial score (nSPS) is 12.8. The van der Waals surface area contributed by atoms with Crippen molar-refractivity contribution in [2.75, 3.05) is 26.2 Å². The molecule has 17 heavy (non-hydrogen) atoms. The van der Waals surface area contributed by atoms with Gasteiger partial charge in [-0.3, -0.25) is 0 Å². The van der Waals surface area contributed by atoms with Gasteiger partial charge in [0.15, 0.2) is 0 Å². The van der Waals surface area contributed by atoms with E-state index in [1.807, 2.05) is 24.3 Å². The van der Waals surface area contributed by atoms with Crippen LogP contribution in [0.15, 0.2) is 24.3 Å². The summed E-state index contributed by atoms with van der Waals surface area (Å²) in [7, 11) is 0. The number of nitrogens with zero attached hydrogens (tertiary/aromatic N) is 1.